The second-order valence-corrected chi connectivity index (χ2v) is 12.2. The van der Waals surface area contributed by atoms with Crippen molar-refractivity contribution < 1.29 is 9.59 Å². The highest BCUT2D eigenvalue weighted by Crippen LogP contribution is 2.56. The van der Waals surface area contributed by atoms with E-state index in [4.69, 9.17) is 0 Å². The third kappa shape index (κ3) is 4.27. The van der Waals surface area contributed by atoms with Gasteiger partial charge >= 0.3 is 0 Å². The Morgan fingerprint density at radius 1 is 0.969 bits per heavy atom. The molecule has 4 bridgehead atoms. The van der Waals surface area contributed by atoms with Gasteiger partial charge in [-0.05, 0) is 81.3 Å². The molecule has 4 aliphatic carbocycles. The molecular formula is C27H39N3O2. The molecule has 2 N–H and O–H groups in total. The van der Waals surface area contributed by atoms with Crippen LogP contribution in [0.25, 0.3) is 0 Å². The number of amides is 2. The summed E-state index contributed by atoms with van der Waals surface area (Å²) in [7, 11) is 0. The Bertz CT molecular complexity index is 852. The van der Waals surface area contributed by atoms with Crippen molar-refractivity contribution in [2.75, 3.05) is 23.7 Å². The van der Waals surface area contributed by atoms with E-state index in [0.717, 1.165) is 48.5 Å². The van der Waals surface area contributed by atoms with Gasteiger partial charge in [0, 0.05) is 24.0 Å². The lowest BCUT2D eigenvalue weighted by Gasteiger charge is -2.57. The van der Waals surface area contributed by atoms with Crippen LogP contribution in [0.3, 0.4) is 0 Å². The molecule has 0 radical (unpaired) electrons. The lowest BCUT2D eigenvalue weighted by atomic mass is 9.53. The normalized spacial score (nSPS) is 33.8. The maximum Gasteiger partial charge on any atom is 0.229 e. The summed E-state index contributed by atoms with van der Waals surface area (Å²) in [5.74, 6) is 2.66. The molecule has 5 aliphatic rings. The third-order valence-electron chi connectivity index (χ3n) is 8.34. The van der Waals surface area contributed by atoms with E-state index in [1.165, 1.54) is 38.5 Å². The van der Waals surface area contributed by atoms with Crippen LogP contribution in [0, 0.1) is 29.1 Å². The first kappa shape index (κ1) is 21.8. The van der Waals surface area contributed by atoms with Crippen LogP contribution < -0.4 is 10.6 Å². The molecule has 5 fully saturated rings. The molecular weight excluding hydrogens is 398 g/mol. The Labute approximate surface area is 192 Å². The zero-order chi connectivity index (χ0) is 22.5. The Balaban J connectivity index is 1.27. The standard InChI is InChI=1S/C27H39N3O2/c1-26(2,3)25(32)30-10-6-7-21(17-30)24(31)28-22-8-4-5-9-23(22)29-27-14-18-11-19(15-27)13-20(12-18)16-27/h4-5,8-9,18-21,29H,6-7,10-17H2,1-3H3,(H,28,31). The number of nitrogens with zero attached hydrogens (tertiary/aromatic N) is 1. The number of anilines is 2. The zero-order valence-electron chi connectivity index (χ0n) is 20.0. The van der Waals surface area contributed by atoms with Gasteiger partial charge in [-0.3, -0.25) is 9.59 Å². The molecule has 5 heteroatoms. The monoisotopic (exact) mass is 437 g/mol. The van der Waals surface area contributed by atoms with Crippen LogP contribution in [0.5, 0.6) is 0 Å². The van der Waals surface area contributed by atoms with Gasteiger partial charge < -0.3 is 15.5 Å². The fraction of sp³-hybridized carbons (Fsp3) is 0.704. The number of likely N-dealkylation sites (tertiary alicyclic amines) is 1. The fourth-order valence-electron chi connectivity index (χ4n) is 7.34. The van der Waals surface area contributed by atoms with Crippen molar-refractivity contribution >= 4 is 23.2 Å². The van der Waals surface area contributed by atoms with Gasteiger partial charge in [0.25, 0.3) is 0 Å². The van der Waals surface area contributed by atoms with Crippen molar-refractivity contribution in [3.8, 4) is 0 Å². The van der Waals surface area contributed by atoms with Crippen molar-refractivity contribution in [2.24, 2.45) is 29.1 Å². The molecule has 5 nitrogen and oxygen atoms in total. The summed E-state index contributed by atoms with van der Waals surface area (Å²) in [6.07, 6.45) is 9.80. The van der Waals surface area contributed by atoms with Crippen molar-refractivity contribution in [1.29, 1.82) is 0 Å². The molecule has 1 saturated heterocycles. The summed E-state index contributed by atoms with van der Waals surface area (Å²) in [5, 5.41) is 7.15. The van der Waals surface area contributed by atoms with Gasteiger partial charge in [-0.1, -0.05) is 32.9 Å². The Morgan fingerprint density at radius 3 is 2.16 bits per heavy atom. The molecule has 1 aliphatic heterocycles. The second kappa shape index (κ2) is 8.07. The number of para-hydroxylation sites is 2. The van der Waals surface area contributed by atoms with Gasteiger partial charge in [0.15, 0.2) is 0 Å². The summed E-state index contributed by atoms with van der Waals surface area (Å²) in [6, 6.07) is 8.19. The van der Waals surface area contributed by atoms with E-state index in [0.29, 0.717) is 6.54 Å². The number of carbonyl (C=O) groups excluding carboxylic acids is 2. The molecule has 1 aromatic carbocycles. The molecule has 4 saturated carbocycles. The number of rotatable bonds is 4. The molecule has 0 aromatic heterocycles. The molecule has 1 unspecified atom stereocenters. The number of nitrogens with one attached hydrogen (secondary N) is 2. The number of hydrogen-bond acceptors (Lipinski definition) is 3. The Hall–Kier alpha value is -2.04. The van der Waals surface area contributed by atoms with Crippen molar-refractivity contribution in [3.05, 3.63) is 24.3 Å². The van der Waals surface area contributed by atoms with Gasteiger partial charge in [-0.2, -0.15) is 0 Å². The van der Waals surface area contributed by atoms with Crippen LogP contribution in [0.2, 0.25) is 0 Å². The van der Waals surface area contributed by atoms with Crippen LogP contribution >= 0.6 is 0 Å². The maximum absolute atomic E-state index is 13.2. The Morgan fingerprint density at radius 2 is 1.56 bits per heavy atom. The molecule has 174 valence electrons. The average molecular weight is 438 g/mol. The van der Waals surface area contributed by atoms with Crippen molar-refractivity contribution in [3.63, 3.8) is 0 Å². The second-order valence-electron chi connectivity index (χ2n) is 12.2. The van der Waals surface area contributed by atoms with Gasteiger partial charge in [-0.15, -0.1) is 0 Å². The van der Waals surface area contributed by atoms with E-state index >= 15 is 0 Å². The van der Waals surface area contributed by atoms with E-state index in [9.17, 15) is 9.59 Å². The van der Waals surface area contributed by atoms with E-state index in [1.54, 1.807) is 0 Å². The van der Waals surface area contributed by atoms with Crippen LogP contribution in [0.4, 0.5) is 11.4 Å². The van der Waals surface area contributed by atoms with E-state index in [2.05, 4.69) is 22.8 Å². The van der Waals surface area contributed by atoms with Crippen LogP contribution in [-0.2, 0) is 9.59 Å². The maximum atomic E-state index is 13.2. The summed E-state index contributed by atoms with van der Waals surface area (Å²) in [6.45, 7) is 7.12. The highest BCUT2D eigenvalue weighted by molar-refractivity contribution is 5.96. The van der Waals surface area contributed by atoms with E-state index in [1.807, 2.05) is 37.8 Å². The molecule has 32 heavy (non-hydrogen) atoms. The van der Waals surface area contributed by atoms with Crippen LogP contribution in [0.15, 0.2) is 24.3 Å². The fourth-order valence-corrected chi connectivity index (χ4v) is 7.34. The Kier molecular flexibility index (Phi) is 5.50. The van der Waals surface area contributed by atoms with Crippen LogP contribution in [-0.4, -0.2) is 35.3 Å². The minimum Gasteiger partial charge on any atom is -0.378 e. The summed E-state index contributed by atoms with van der Waals surface area (Å²) < 4.78 is 0. The lowest BCUT2D eigenvalue weighted by Crippen LogP contribution is -2.54. The minimum atomic E-state index is -0.410. The van der Waals surface area contributed by atoms with Gasteiger partial charge in [0.2, 0.25) is 11.8 Å². The molecule has 1 atom stereocenters. The SMILES string of the molecule is CC(C)(C)C(=O)N1CCCC(C(=O)Nc2ccccc2NC23CC4CC(CC(C4)C2)C3)C1. The smallest absolute Gasteiger partial charge is 0.229 e. The van der Waals surface area contributed by atoms with Crippen LogP contribution in [0.1, 0.15) is 72.1 Å². The van der Waals surface area contributed by atoms with Gasteiger partial charge in [0.05, 0.1) is 17.3 Å². The van der Waals surface area contributed by atoms with E-state index in [-0.39, 0.29) is 23.3 Å². The highest BCUT2D eigenvalue weighted by Gasteiger charge is 2.51. The molecule has 1 aromatic rings. The quantitative estimate of drug-likeness (QED) is 0.673. The first-order chi connectivity index (χ1) is 15.2. The van der Waals surface area contributed by atoms with Crippen molar-refractivity contribution in [2.45, 2.75) is 77.7 Å². The molecule has 2 amide bonds. The minimum absolute atomic E-state index is 0.0381. The summed E-state index contributed by atoms with van der Waals surface area (Å²) in [5.41, 5.74) is 1.73. The summed E-state index contributed by atoms with van der Waals surface area (Å²) >= 11 is 0. The van der Waals surface area contributed by atoms with Gasteiger partial charge in [0.1, 0.15) is 0 Å². The predicted molar refractivity (Wildman–Crippen MR) is 128 cm³/mol. The number of carbonyl (C=O) groups is 2. The van der Waals surface area contributed by atoms with Crippen molar-refractivity contribution in [1.82, 2.24) is 4.90 Å². The first-order valence-corrected chi connectivity index (χ1v) is 12.7. The molecule has 0 spiro atoms. The highest BCUT2D eigenvalue weighted by atomic mass is 16.2. The average Bonchev–Trinajstić information content (AvgIpc) is 2.73. The van der Waals surface area contributed by atoms with Gasteiger partial charge in [-0.25, -0.2) is 0 Å². The third-order valence-corrected chi connectivity index (χ3v) is 8.34. The molecule has 1 heterocycles. The number of benzene rings is 1. The predicted octanol–water partition coefficient (Wildman–Crippen LogP) is 5.29. The summed E-state index contributed by atoms with van der Waals surface area (Å²) in [4.78, 5) is 27.8. The number of hydrogen-bond donors (Lipinski definition) is 2. The lowest BCUT2D eigenvalue weighted by molar-refractivity contribution is -0.142. The molecule has 6 rings (SSSR count). The van der Waals surface area contributed by atoms with E-state index < -0.39 is 5.41 Å². The largest absolute Gasteiger partial charge is 0.378 e. The first-order valence-electron chi connectivity index (χ1n) is 12.7. The zero-order valence-corrected chi connectivity index (χ0v) is 20.0. The topological polar surface area (TPSA) is 61.4 Å². The number of piperidine rings is 1.